The van der Waals surface area contributed by atoms with E-state index in [4.69, 9.17) is 0 Å². The van der Waals surface area contributed by atoms with Gasteiger partial charge in [-0.2, -0.15) is 0 Å². The Bertz CT molecular complexity index is 832. The summed E-state index contributed by atoms with van der Waals surface area (Å²) in [5, 5.41) is 0. The van der Waals surface area contributed by atoms with E-state index >= 15 is 0 Å². The monoisotopic (exact) mass is 396 g/mol. The summed E-state index contributed by atoms with van der Waals surface area (Å²) in [5.74, 6) is -1.02. The molecule has 2 N–H and O–H groups in total. The van der Waals surface area contributed by atoms with Crippen LogP contribution in [0.3, 0.4) is 0 Å². The molecule has 0 saturated carbocycles. The van der Waals surface area contributed by atoms with E-state index in [2.05, 4.69) is 32.8 Å². The number of hydrazine groups is 1. The zero-order chi connectivity index (χ0) is 20.5. The zero-order valence-electron chi connectivity index (χ0n) is 16.2. The summed E-state index contributed by atoms with van der Waals surface area (Å²) in [6.45, 7) is 4.30. The van der Waals surface area contributed by atoms with Crippen LogP contribution in [0.5, 0.6) is 0 Å². The maximum absolute atomic E-state index is 12.8. The van der Waals surface area contributed by atoms with Gasteiger partial charge in [0.15, 0.2) is 0 Å². The van der Waals surface area contributed by atoms with Crippen LogP contribution in [0.15, 0.2) is 60.7 Å². The number of piperazine rings is 1. The minimum Gasteiger partial charge on any atom is -0.369 e. The van der Waals surface area contributed by atoms with Crippen molar-refractivity contribution >= 4 is 23.6 Å². The molecule has 29 heavy (non-hydrogen) atoms. The first-order valence-electron chi connectivity index (χ1n) is 9.65. The fraction of sp³-hybridized carbons (Fsp3) is 0.273. The van der Waals surface area contributed by atoms with Crippen molar-refractivity contribution in [3.63, 3.8) is 0 Å². The highest BCUT2D eigenvalue weighted by atomic mass is 19.1. The van der Waals surface area contributed by atoms with Gasteiger partial charge >= 0.3 is 0 Å². The first-order valence-corrected chi connectivity index (χ1v) is 9.65. The quantitative estimate of drug-likeness (QED) is 0.580. The third-order valence-electron chi connectivity index (χ3n) is 4.77. The molecule has 1 heterocycles. The fourth-order valence-corrected chi connectivity index (χ4v) is 3.11. The van der Waals surface area contributed by atoms with Gasteiger partial charge in [-0.25, -0.2) is 4.39 Å². The van der Waals surface area contributed by atoms with Crippen LogP contribution in [0.25, 0.3) is 6.08 Å². The molecule has 3 rings (SSSR count). The Balaban J connectivity index is 1.32. The maximum atomic E-state index is 12.8. The summed E-state index contributed by atoms with van der Waals surface area (Å²) in [4.78, 5) is 28.3. The molecule has 1 aliphatic rings. The third-order valence-corrected chi connectivity index (χ3v) is 4.77. The summed E-state index contributed by atoms with van der Waals surface area (Å²) in [5.41, 5.74) is 6.69. The summed E-state index contributed by atoms with van der Waals surface area (Å²) in [6.07, 6.45) is 3.15. The summed E-state index contributed by atoms with van der Waals surface area (Å²) >= 11 is 0. The van der Waals surface area contributed by atoms with E-state index < -0.39 is 5.91 Å². The van der Waals surface area contributed by atoms with Crippen molar-refractivity contribution in [2.45, 2.75) is 6.42 Å². The maximum Gasteiger partial charge on any atom is 0.262 e. The molecule has 0 spiro atoms. The van der Waals surface area contributed by atoms with Crippen LogP contribution < -0.4 is 15.8 Å². The van der Waals surface area contributed by atoms with Crippen molar-refractivity contribution in [3.8, 4) is 0 Å². The van der Waals surface area contributed by atoms with Gasteiger partial charge in [-0.15, -0.1) is 0 Å². The van der Waals surface area contributed by atoms with E-state index in [0.29, 0.717) is 18.5 Å². The second-order valence-electron chi connectivity index (χ2n) is 6.84. The van der Waals surface area contributed by atoms with E-state index in [1.54, 1.807) is 18.2 Å². The number of hydrogen-bond donors (Lipinski definition) is 2. The second-order valence-corrected chi connectivity index (χ2v) is 6.84. The molecule has 1 saturated heterocycles. The molecule has 0 bridgehead atoms. The molecule has 152 valence electrons. The van der Waals surface area contributed by atoms with Gasteiger partial charge < -0.3 is 4.90 Å². The molecule has 0 atom stereocenters. The lowest BCUT2D eigenvalue weighted by molar-refractivity contribution is -0.127. The Kier molecular flexibility index (Phi) is 7.35. The molecule has 0 unspecified atom stereocenters. The number of nitrogens with one attached hydrogen (secondary N) is 2. The Morgan fingerprint density at radius 1 is 0.931 bits per heavy atom. The minimum absolute atomic E-state index is 0.237. The lowest BCUT2D eigenvalue weighted by atomic mass is 10.2. The van der Waals surface area contributed by atoms with Crippen LogP contribution in [0.4, 0.5) is 10.1 Å². The number of para-hydroxylation sites is 1. The summed E-state index contributed by atoms with van der Waals surface area (Å²) < 4.78 is 12.8. The van der Waals surface area contributed by atoms with Gasteiger partial charge in [-0.05, 0) is 35.9 Å². The predicted molar refractivity (Wildman–Crippen MR) is 111 cm³/mol. The number of anilines is 1. The van der Waals surface area contributed by atoms with E-state index in [0.717, 1.165) is 26.2 Å². The Labute approximate surface area is 170 Å². The van der Waals surface area contributed by atoms with Crippen molar-refractivity contribution in [1.29, 1.82) is 0 Å². The number of amides is 2. The molecule has 2 aromatic rings. The van der Waals surface area contributed by atoms with Gasteiger partial charge in [0.2, 0.25) is 5.91 Å². The van der Waals surface area contributed by atoms with Gasteiger partial charge in [0, 0.05) is 50.9 Å². The smallest absolute Gasteiger partial charge is 0.262 e. The van der Waals surface area contributed by atoms with Crippen molar-refractivity contribution in [3.05, 3.63) is 72.1 Å². The van der Waals surface area contributed by atoms with Crippen molar-refractivity contribution in [1.82, 2.24) is 15.8 Å². The Hall–Kier alpha value is -3.19. The highest BCUT2D eigenvalue weighted by Gasteiger charge is 2.17. The van der Waals surface area contributed by atoms with Crippen molar-refractivity contribution in [2.24, 2.45) is 0 Å². The van der Waals surface area contributed by atoms with Gasteiger partial charge in [0.25, 0.3) is 5.91 Å². The van der Waals surface area contributed by atoms with Crippen LogP contribution in [0.1, 0.15) is 12.0 Å². The molecule has 1 aliphatic heterocycles. The first-order chi connectivity index (χ1) is 14.1. The molecule has 0 aromatic heterocycles. The Morgan fingerprint density at radius 3 is 2.31 bits per heavy atom. The lowest BCUT2D eigenvalue weighted by Gasteiger charge is -2.36. The fourth-order valence-electron chi connectivity index (χ4n) is 3.11. The number of nitrogens with zero attached hydrogens (tertiary/aromatic N) is 2. The van der Waals surface area contributed by atoms with Crippen LogP contribution >= 0.6 is 0 Å². The van der Waals surface area contributed by atoms with E-state index in [1.807, 2.05) is 18.2 Å². The van der Waals surface area contributed by atoms with Crippen LogP contribution in [0.2, 0.25) is 0 Å². The topological polar surface area (TPSA) is 64.7 Å². The predicted octanol–water partition coefficient (Wildman–Crippen LogP) is 2.20. The molecule has 6 nitrogen and oxygen atoms in total. The van der Waals surface area contributed by atoms with Gasteiger partial charge in [-0.1, -0.05) is 30.3 Å². The van der Waals surface area contributed by atoms with Gasteiger partial charge in [0.1, 0.15) is 5.82 Å². The standard InChI is InChI=1S/C22H25FN4O2/c23-19-9-6-18(7-10-19)8-11-21(28)24-25-22(29)12-13-26-14-16-27(17-15-26)20-4-2-1-3-5-20/h1-11H,12-17H2,(H,24,28)(H,25,29)/b11-8+. The number of carbonyl (C=O) groups excluding carboxylic acids is 2. The number of carbonyl (C=O) groups is 2. The molecule has 0 aliphatic carbocycles. The van der Waals surface area contributed by atoms with Crippen molar-refractivity contribution < 1.29 is 14.0 Å². The average molecular weight is 396 g/mol. The van der Waals surface area contributed by atoms with Gasteiger partial charge in [-0.3, -0.25) is 25.3 Å². The number of rotatable bonds is 6. The van der Waals surface area contributed by atoms with Crippen LogP contribution in [-0.4, -0.2) is 49.4 Å². The second kappa shape index (κ2) is 10.4. The normalized spacial score (nSPS) is 14.7. The van der Waals surface area contributed by atoms with Gasteiger partial charge in [0.05, 0.1) is 0 Å². The molecule has 0 radical (unpaired) electrons. The molecule has 2 aromatic carbocycles. The number of hydrogen-bond acceptors (Lipinski definition) is 4. The average Bonchev–Trinajstić information content (AvgIpc) is 2.77. The zero-order valence-corrected chi connectivity index (χ0v) is 16.2. The highest BCUT2D eigenvalue weighted by molar-refractivity contribution is 5.93. The molecule has 1 fully saturated rings. The third kappa shape index (κ3) is 6.73. The number of halogens is 1. The minimum atomic E-state index is -0.445. The number of benzene rings is 2. The lowest BCUT2D eigenvalue weighted by Crippen LogP contribution is -2.48. The molecule has 2 amide bonds. The molecular weight excluding hydrogens is 371 g/mol. The van der Waals surface area contributed by atoms with Crippen LogP contribution in [0, 0.1) is 5.82 Å². The molecular formula is C22H25FN4O2. The van der Waals surface area contributed by atoms with Crippen molar-refractivity contribution in [2.75, 3.05) is 37.6 Å². The SMILES string of the molecule is O=C(/C=C/c1ccc(F)cc1)NNC(=O)CCN1CCN(c2ccccc2)CC1. The first kappa shape index (κ1) is 20.5. The van der Waals surface area contributed by atoms with E-state index in [9.17, 15) is 14.0 Å². The van der Waals surface area contributed by atoms with Crippen LogP contribution in [-0.2, 0) is 9.59 Å². The largest absolute Gasteiger partial charge is 0.369 e. The Morgan fingerprint density at radius 2 is 1.62 bits per heavy atom. The summed E-state index contributed by atoms with van der Waals surface area (Å²) in [7, 11) is 0. The highest BCUT2D eigenvalue weighted by Crippen LogP contribution is 2.15. The summed E-state index contributed by atoms with van der Waals surface area (Å²) in [6, 6.07) is 16.1. The molecule has 7 heteroatoms. The van der Waals surface area contributed by atoms with E-state index in [1.165, 1.54) is 23.9 Å². The van der Waals surface area contributed by atoms with E-state index in [-0.39, 0.29) is 11.7 Å².